The van der Waals surface area contributed by atoms with E-state index in [-0.39, 0.29) is 5.82 Å². The van der Waals surface area contributed by atoms with Gasteiger partial charge in [-0.3, -0.25) is 0 Å². The Morgan fingerprint density at radius 3 is 2.57 bits per heavy atom. The summed E-state index contributed by atoms with van der Waals surface area (Å²) in [5.41, 5.74) is 0.931. The van der Waals surface area contributed by atoms with Gasteiger partial charge in [0.25, 0.3) is 0 Å². The molecule has 0 spiro atoms. The van der Waals surface area contributed by atoms with Crippen LogP contribution in [0.1, 0.15) is 58.9 Å². The first-order valence-electron chi connectivity index (χ1n) is 8.20. The maximum atomic E-state index is 13.7. The number of benzene rings is 1. The van der Waals surface area contributed by atoms with Crippen LogP contribution in [-0.4, -0.2) is 12.6 Å². The minimum absolute atomic E-state index is 0.227. The largest absolute Gasteiger partial charge is 0.493 e. The molecule has 1 aromatic carbocycles. The fourth-order valence-corrected chi connectivity index (χ4v) is 2.24. The highest BCUT2D eigenvalue weighted by molar-refractivity contribution is 5.29. The molecule has 21 heavy (non-hydrogen) atoms. The molecule has 0 aliphatic heterocycles. The van der Waals surface area contributed by atoms with Crippen molar-refractivity contribution in [3.63, 3.8) is 0 Å². The number of ether oxygens (including phenoxy) is 1. The van der Waals surface area contributed by atoms with E-state index in [1.165, 1.54) is 25.3 Å². The quantitative estimate of drug-likeness (QED) is 0.661. The van der Waals surface area contributed by atoms with Gasteiger partial charge in [0.2, 0.25) is 0 Å². The molecule has 0 radical (unpaired) electrons. The predicted octanol–water partition coefficient (Wildman–Crippen LogP) is 4.92. The second kappa shape index (κ2) is 9.78. The molecule has 0 aliphatic rings. The molecule has 1 atom stereocenters. The van der Waals surface area contributed by atoms with E-state index in [4.69, 9.17) is 4.74 Å². The standard InChI is InChI=1S/C18H30FNO/c1-5-7-8-15(6-2)13-21-18-10-16(9-17(19)11-18)12-20-14(3)4/h9-11,14-15,20H,5-8,12-13H2,1-4H3. The number of hydrogen-bond acceptors (Lipinski definition) is 2. The molecule has 0 fully saturated rings. The molecule has 0 aliphatic carbocycles. The molecule has 120 valence electrons. The van der Waals surface area contributed by atoms with Crippen molar-refractivity contribution in [2.24, 2.45) is 5.92 Å². The fourth-order valence-electron chi connectivity index (χ4n) is 2.24. The van der Waals surface area contributed by atoms with Gasteiger partial charge in [0.1, 0.15) is 11.6 Å². The summed E-state index contributed by atoms with van der Waals surface area (Å²) < 4.78 is 19.5. The molecule has 0 amide bonds. The molecule has 1 aromatic rings. The van der Waals surface area contributed by atoms with Gasteiger partial charge in [-0.1, -0.05) is 47.0 Å². The van der Waals surface area contributed by atoms with Gasteiger partial charge in [0.05, 0.1) is 6.61 Å². The van der Waals surface area contributed by atoms with Gasteiger partial charge in [-0.15, -0.1) is 0 Å². The van der Waals surface area contributed by atoms with Crippen molar-refractivity contribution in [3.05, 3.63) is 29.6 Å². The highest BCUT2D eigenvalue weighted by Gasteiger charge is 2.08. The van der Waals surface area contributed by atoms with Crippen molar-refractivity contribution < 1.29 is 9.13 Å². The van der Waals surface area contributed by atoms with Gasteiger partial charge in [-0.05, 0) is 30.0 Å². The second-order valence-electron chi connectivity index (χ2n) is 6.06. The van der Waals surface area contributed by atoms with Crippen LogP contribution in [-0.2, 0) is 6.54 Å². The maximum absolute atomic E-state index is 13.7. The predicted molar refractivity (Wildman–Crippen MR) is 87.2 cm³/mol. The van der Waals surface area contributed by atoms with Crippen molar-refractivity contribution in [2.75, 3.05) is 6.61 Å². The van der Waals surface area contributed by atoms with Gasteiger partial charge in [-0.2, -0.15) is 0 Å². The molecule has 3 heteroatoms. The highest BCUT2D eigenvalue weighted by Crippen LogP contribution is 2.19. The number of hydrogen-bond donors (Lipinski definition) is 1. The van der Waals surface area contributed by atoms with Crippen LogP contribution in [0.25, 0.3) is 0 Å². The van der Waals surface area contributed by atoms with E-state index < -0.39 is 0 Å². The molecule has 1 N–H and O–H groups in total. The lowest BCUT2D eigenvalue weighted by Crippen LogP contribution is -2.22. The maximum Gasteiger partial charge on any atom is 0.127 e. The SMILES string of the molecule is CCCCC(CC)COc1cc(F)cc(CNC(C)C)c1. The Balaban J connectivity index is 2.57. The van der Waals surface area contributed by atoms with Gasteiger partial charge >= 0.3 is 0 Å². The van der Waals surface area contributed by atoms with E-state index in [2.05, 4.69) is 33.0 Å². The van der Waals surface area contributed by atoms with Gasteiger partial charge in [-0.25, -0.2) is 4.39 Å². The van der Waals surface area contributed by atoms with Crippen molar-refractivity contribution >= 4 is 0 Å². The van der Waals surface area contributed by atoms with Crippen LogP contribution in [0.2, 0.25) is 0 Å². The first kappa shape index (κ1) is 18.0. The molecule has 0 saturated heterocycles. The Bertz CT molecular complexity index is 406. The highest BCUT2D eigenvalue weighted by atomic mass is 19.1. The Labute approximate surface area is 129 Å². The van der Waals surface area contributed by atoms with Crippen molar-refractivity contribution in [2.45, 2.75) is 66.0 Å². The van der Waals surface area contributed by atoms with Crippen LogP contribution in [0.15, 0.2) is 18.2 Å². The third kappa shape index (κ3) is 7.47. The summed E-state index contributed by atoms with van der Waals surface area (Å²) in [6.07, 6.45) is 4.73. The third-order valence-electron chi connectivity index (χ3n) is 3.67. The molecule has 0 aromatic heterocycles. The first-order chi connectivity index (χ1) is 10.0. The van der Waals surface area contributed by atoms with Gasteiger partial charge in [0.15, 0.2) is 0 Å². The summed E-state index contributed by atoms with van der Waals surface area (Å²) in [5, 5.41) is 3.30. The zero-order valence-electron chi connectivity index (χ0n) is 13.9. The Hall–Kier alpha value is -1.09. The normalized spacial score (nSPS) is 12.7. The van der Waals surface area contributed by atoms with Crippen molar-refractivity contribution in [1.82, 2.24) is 5.32 Å². The van der Waals surface area contributed by atoms with Crippen LogP contribution in [0, 0.1) is 11.7 Å². The van der Waals surface area contributed by atoms with E-state index in [1.807, 2.05) is 6.07 Å². The van der Waals surface area contributed by atoms with E-state index in [1.54, 1.807) is 6.07 Å². The molecule has 0 bridgehead atoms. The van der Waals surface area contributed by atoms with E-state index >= 15 is 0 Å². The molecular formula is C18H30FNO. The number of rotatable bonds is 10. The topological polar surface area (TPSA) is 21.3 Å². The van der Waals surface area contributed by atoms with E-state index in [0.29, 0.717) is 30.9 Å². The summed E-state index contributed by atoms with van der Waals surface area (Å²) >= 11 is 0. The molecule has 0 saturated carbocycles. The minimum atomic E-state index is -0.227. The van der Waals surface area contributed by atoms with Crippen LogP contribution in [0.3, 0.4) is 0 Å². The molecule has 0 heterocycles. The summed E-state index contributed by atoms with van der Waals surface area (Å²) in [6, 6.07) is 5.36. The molecule has 2 nitrogen and oxygen atoms in total. The second-order valence-corrected chi connectivity index (χ2v) is 6.06. The molecule has 1 unspecified atom stereocenters. The number of nitrogens with one attached hydrogen (secondary N) is 1. The zero-order valence-corrected chi connectivity index (χ0v) is 13.9. The monoisotopic (exact) mass is 295 g/mol. The summed E-state index contributed by atoms with van der Waals surface area (Å²) in [6.45, 7) is 9.89. The smallest absolute Gasteiger partial charge is 0.127 e. The summed E-state index contributed by atoms with van der Waals surface area (Å²) in [5.74, 6) is 0.977. The van der Waals surface area contributed by atoms with Crippen LogP contribution in [0.4, 0.5) is 4.39 Å². The fraction of sp³-hybridized carbons (Fsp3) is 0.667. The van der Waals surface area contributed by atoms with E-state index in [9.17, 15) is 4.39 Å². The summed E-state index contributed by atoms with van der Waals surface area (Å²) in [7, 11) is 0. The average Bonchev–Trinajstić information content (AvgIpc) is 2.45. The van der Waals surface area contributed by atoms with Crippen LogP contribution >= 0.6 is 0 Å². The van der Waals surface area contributed by atoms with E-state index in [0.717, 1.165) is 12.0 Å². The van der Waals surface area contributed by atoms with Crippen LogP contribution in [0.5, 0.6) is 5.75 Å². The minimum Gasteiger partial charge on any atom is -0.493 e. The first-order valence-corrected chi connectivity index (χ1v) is 8.20. The average molecular weight is 295 g/mol. The lowest BCUT2D eigenvalue weighted by atomic mass is 10.0. The lowest BCUT2D eigenvalue weighted by molar-refractivity contribution is 0.232. The number of halogens is 1. The Morgan fingerprint density at radius 2 is 1.95 bits per heavy atom. The third-order valence-corrected chi connectivity index (χ3v) is 3.67. The molecular weight excluding hydrogens is 265 g/mol. The van der Waals surface area contributed by atoms with Gasteiger partial charge in [0, 0.05) is 18.7 Å². The zero-order chi connectivity index (χ0) is 15.7. The van der Waals surface area contributed by atoms with Gasteiger partial charge < -0.3 is 10.1 Å². The molecule has 1 rings (SSSR count). The van der Waals surface area contributed by atoms with Crippen molar-refractivity contribution in [3.8, 4) is 5.75 Å². The van der Waals surface area contributed by atoms with Crippen LogP contribution < -0.4 is 10.1 Å². The number of unbranched alkanes of at least 4 members (excludes halogenated alkanes) is 1. The lowest BCUT2D eigenvalue weighted by Gasteiger charge is -2.16. The Morgan fingerprint density at radius 1 is 1.19 bits per heavy atom. The van der Waals surface area contributed by atoms with Crippen molar-refractivity contribution in [1.29, 1.82) is 0 Å². The summed E-state index contributed by atoms with van der Waals surface area (Å²) in [4.78, 5) is 0. The Kier molecular flexibility index (Phi) is 8.36.